The molecule has 3 heterocycles. The van der Waals surface area contributed by atoms with Gasteiger partial charge in [-0.05, 0) is 54.3 Å². The molecule has 1 amide bonds. The number of halogens is 3. The van der Waals surface area contributed by atoms with Crippen LogP contribution in [0.15, 0.2) is 30.3 Å². The molecule has 0 spiro atoms. The van der Waals surface area contributed by atoms with Crippen molar-refractivity contribution in [2.75, 3.05) is 5.32 Å². The lowest BCUT2D eigenvalue weighted by Gasteiger charge is -2.16. The molecule has 0 aliphatic carbocycles. The molecule has 4 nitrogen and oxygen atoms in total. The molecule has 27 heavy (non-hydrogen) atoms. The van der Waals surface area contributed by atoms with Crippen molar-refractivity contribution >= 4 is 17.1 Å². The number of alkyl halides is 3. The standard InChI is InChI=1S/C20H18F3N3O/c1-10(2)16-9-14-4-5-15(20(21,22)23)19(26(14)25-16)13-6-11(3)18-12(7-13)8-17(27)24-18/h4-7,9-10H,8H2,1-3H3,(H,24,27). The minimum atomic E-state index is -4.52. The van der Waals surface area contributed by atoms with E-state index in [1.165, 1.54) is 10.6 Å². The normalized spacial score (nSPS) is 14.1. The van der Waals surface area contributed by atoms with E-state index in [0.29, 0.717) is 22.3 Å². The van der Waals surface area contributed by atoms with Gasteiger partial charge in [-0.1, -0.05) is 13.8 Å². The fourth-order valence-electron chi connectivity index (χ4n) is 3.53. The highest BCUT2D eigenvalue weighted by atomic mass is 19.4. The number of amides is 1. The van der Waals surface area contributed by atoms with Gasteiger partial charge in [0.25, 0.3) is 0 Å². The average Bonchev–Trinajstić information content (AvgIpc) is 3.15. The number of aryl methyl sites for hydroxylation is 1. The Balaban J connectivity index is 2.04. The number of hydrogen-bond donors (Lipinski definition) is 1. The number of rotatable bonds is 2. The molecule has 140 valence electrons. The van der Waals surface area contributed by atoms with Crippen molar-refractivity contribution in [1.29, 1.82) is 0 Å². The monoisotopic (exact) mass is 373 g/mol. The molecule has 3 aromatic rings. The van der Waals surface area contributed by atoms with Gasteiger partial charge in [0.2, 0.25) is 5.91 Å². The largest absolute Gasteiger partial charge is 0.418 e. The second-order valence-electron chi connectivity index (χ2n) is 7.21. The lowest BCUT2D eigenvalue weighted by Crippen LogP contribution is -2.11. The van der Waals surface area contributed by atoms with Crippen molar-refractivity contribution in [2.45, 2.75) is 39.3 Å². The van der Waals surface area contributed by atoms with Crippen molar-refractivity contribution < 1.29 is 18.0 Å². The third-order valence-corrected chi connectivity index (χ3v) is 4.85. The molecule has 0 atom stereocenters. The first-order valence-corrected chi connectivity index (χ1v) is 8.69. The minimum absolute atomic E-state index is 0.00264. The number of carbonyl (C=O) groups excluding carboxylic acids is 1. The van der Waals surface area contributed by atoms with Gasteiger partial charge < -0.3 is 5.32 Å². The molecule has 0 bridgehead atoms. The van der Waals surface area contributed by atoms with E-state index in [2.05, 4.69) is 10.4 Å². The second-order valence-corrected chi connectivity index (χ2v) is 7.21. The van der Waals surface area contributed by atoms with Gasteiger partial charge in [-0.15, -0.1) is 0 Å². The SMILES string of the molecule is Cc1cc(-c2c(C(F)(F)F)ccc3cc(C(C)C)nn23)cc2c1NC(=O)C2. The summed E-state index contributed by atoms with van der Waals surface area (Å²) in [5.74, 6) is -0.0589. The summed E-state index contributed by atoms with van der Waals surface area (Å²) in [4.78, 5) is 11.7. The van der Waals surface area contributed by atoms with E-state index >= 15 is 0 Å². The van der Waals surface area contributed by atoms with E-state index < -0.39 is 11.7 Å². The van der Waals surface area contributed by atoms with E-state index in [1.54, 1.807) is 25.1 Å². The molecule has 0 radical (unpaired) electrons. The van der Waals surface area contributed by atoms with Crippen LogP contribution in [0.2, 0.25) is 0 Å². The molecule has 1 aliphatic heterocycles. The van der Waals surface area contributed by atoms with E-state index in [-0.39, 0.29) is 23.9 Å². The summed E-state index contributed by atoms with van der Waals surface area (Å²) < 4.78 is 42.6. The van der Waals surface area contributed by atoms with Crippen molar-refractivity contribution in [3.8, 4) is 11.3 Å². The van der Waals surface area contributed by atoms with Crippen LogP contribution in [0.5, 0.6) is 0 Å². The first-order chi connectivity index (χ1) is 12.6. The second kappa shape index (κ2) is 5.84. The zero-order valence-corrected chi connectivity index (χ0v) is 15.1. The number of nitrogens with one attached hydrogen (secondary N) is 1. The van der Waals surface area contributed by atoms with Gasteiger partial charge in [-0.3, -0.25) is 4.79 Å². The van der Waals surface area contributed by atoms with Gasteiger partial charge in [0.05, 0.1) is 28.9 Å². The molecule has 0 unspecified atom stereocenters. The predicted octanol–water partition coefficient (Wildman–Crippen LogP) is 4.95. The van der Waals surface area contributed by atoms with Gasteiger partial charge in [0.1, 0.15) is 0 Å². The van der Waals surface area contributed by atoms with Crippen molar-refractivity contribution in [2.24, 2.45) is 0 Å². The number of carbonyl (C=O) groups is 1. The first-order valence-electron chi connectivity index (χ1n) is 8.69. The first kappa shape index (κ1) is 17.6. The average molecular weight is 373 g/mol. The Hall–Kier alpha value is -2.83. The molecule has 1 aliphatic rings. The van der Waals surface area contributed by atoms with Gasteiger partial charge in [0.15, 0.2) is 0 Å². The molecule has 1 N–H and O–H groups in total. The highest BCUT2D eigenvalue weighted by molar-refractivity contribution is 6.00. The third-order valence-electron chi connectivity index (χ3n) is 4.85. The Morgan fingerprint density at radius 2 is 1.93 bits per heavy atom. The third kappa shape index (κ3) is 2.87. The topological polar surface area (TPSA) is 46.4 Å². The maximum atomic E-state index is 13.8. The summed E-state index contributed by atoms with van der Waals surface area (Å²) in [6.07, 6.45) is -4.36. The molecule has 7 heteroatoms. The Morgan fingerprint density at radius 1 is 1.19 bits per heavy atom. The fourth-order valence-corrected chi connectivity index (χ4v) is 3.53. The summed E-state index contributed by atoms with van der Waals surface area (Å²) in [7, 11) is 0. The van der Waals surface area contributed by atoms with Crippen molar-refractivity contribution in [3.05, 3.63) is 52.7 Å². The van der Waals surface area contributed by atoms with Gasteiger partial charge >= 0.3 is 6.18 Å². The Labute approximate surface area is 154 Å². The highest BCUT2D eigenvalue weighted by Crippen LogP contribution is 2.40. The van der Waals surface area contributed by atoms with Crippen LogP contribution in [0, 0.1) is 6.92 Å². The van der Waals surface area contributed by atoms with Crippen LogP contribution in [0.1, 0.15) is 42.1 Å². The van der Waals surface area contributed by atoms with Crippen molar-refractivity contribution in [3.63, 3.8) is 0 Å². The lowest BCUT2D eigenvalue weighted by molar-refractivity contribution is -0.137. The molecular weight excluding hydrogens is 355 g/mol. The number of fused-ring (bicyclic) bond motifs is 2. The van der Waals surface area contributed by atoms with E-state index in [4.69, 9.17) is 0 Å². The minimum Gasteiger partial charge on any atom is -0.325 e. The highest BCUT2D eigenvalue weighted by Gasteiger charge is 2.36. The van der Waals surface area contributed by atoms with Crippen LogP contribution in [-0.2, 0) is 17.4 Å². The molecule has 1 aromatic carbocycles. The summed E-state index contributed by atoms with van der Waals surface area (Å²) >= 11 is 0. The van der Waals surface area contributed by atoms with E-state index in [9.17, 15) is 18.0 Å². The van der Waals surface area contributed by atoms with Crippen LogP contribution in [0.25, 0.3) is 16.8 Å². The Morgan fingerprint density at radius 3 is 2.59 bits per heavy atom. The van der Waals surface area contributed by atoms with E-state index in [1.807, 2.05) is 13.8 Å². The Bertz CT molecular complexity index is 1080. The fraction of sp³-hybridized carbons (Fsp3) is 0.300. The van der Waals surface area contributed by atoms with Crippen LogP contribution in [-0.4, -0.2) is 15.5 Å². The van der Waals surface area contributed by atoms with E-state index in [0.717, 1.165) is 17.3 Å². The number of pyridine rings is 1. The maximum Gasteiger partial charge on any atom is 0.418 e. The number of hydrogen-bond acceptors (Lipinski definition) is 2. The van der Waals surface area contributed by atoms with Gasteiger partial charge in [-0.2, -0.15) is 18.3 Å². The molecule has 2 aromatic heterocycles. The number of aromatic nitrogens is 2. The summed E-state index contributed by atoms with van der Waals surface area (Å²) in [5.41, 5.74) is 3.11. The number of nitrogens with zero attached hydrogens (tertiary/aromatic N) is 2. The van der Waals surface area contributed by atoms with Crippen LogP contribution < -0.4 is 5.32 Å². The zero-order valence-electron chi connectivity index (χ0n) is 15.1. The summed E-state index contributed by atoms with van der Waals surface area (Å²) in [6, 6.07) is 7.67. The number of anilines is 1. The molecule has 0 saturated carbocycles. The molecular formula is C20H18F3N3O. The summed E-state index contributed by atoms with van der Waals surface area (Å²) in [6.45, 7) is 5.68. The zero-order chi connectivity index (χ0) is 19.5. The maximum absolute atomic E-state index is 13.8. The molecule has 4 rings (SSSR count). The van der Waals surface area contributed by atoms with Gasteiger partial charge in [-0.25, -0.2) is 4.52 Å². The molecule has 0 saturated heterocycles. The quantitative estimate of drug-likeness (QED) is 0.691. The van der Waals surface area contributed by atoms with Crippen LogP contribution in [0.4, 0.5) is 18.9 Å². The smallest absolute Gasteiger partial charge is 0.325 e. The summed E-state index contributed by atoms with van der Waals surface area (Å²) in [5, 5.41) is 7.20. The van der Waals surface area contributed by atoms with Crippen LogP contribution >= 0.6 is 0 Å². The Kier molecular flexibility index (Phi) is 3.80. The van der Waals surface area contributed by atoms with Crippen LogP contribution in [0.3, 0.4) is 0 Å². The number of benzene rings is 1. The predicted molar refractivity (Wildman–Crippen MR) is 96.8 cm³/mol. The molecule has 0 fully saturated rings. The van der Waals surface area contributed by atoms with Gasteiger partial charge in [0, 0.05) is 11.3 Å². The van der Waals surface area contributed by atoms with Crippen molar-refractivity contribution in [1.82, 2.24) is 9.61 Å². The lowest BCUT2D eigenvalue weighted by atomic mass is 9.98.